The largest absolute Gasteiger partial charge is 0.461 e. The summed E-state index contributed by atoms with van der Waals surface area (Å²) >= 11 is 0. The topological polar surface area (TPSA) is 87.2 Å². The van der Waals surface area contributed by atoms with Crippen molar-refractivity contribution in [3.8, 4) is 44.8 Å². The Morgan fingerprint density at radius 2 is 0.889 bits per heavy atom. The second kappa shape index (κ2) is 13.5. The molecule has 0 aliphatic rings. The molecule has 8 nitrogen and oxygen atoms in total. The fourth-order valence-corrected chi connectivity index (χ4v) is 7.77. The van der Waals surface area contributed by atoms with E-state index in [1.807, 2.05) is 132 Å². The molecule has 5 heterocycles. The zero-order valence-corrected chi connectivity index (χ0v) is 29.7. The van der Waals surface area contributed by atoms with E-state index < -0.39 is 11.9 Å². The lowest BCUT2D eigenvalue weighted by molar-refractivity contribution is 0.0510. The first-order valence-electron chi connectivity index (χ1n) is 18.0. The average Bonchev–Trinajstić information content (AvgIpc) is 3.76. The lowest BCUT2D eigenvalue weighted by Crippen LogP contribution is -2.09. The smallest absolute Gasteiger partial charge is 0.355 e. The van der Waals surface area contributed by atoms with Crippen molar-refractivity contribution >= 4 is 44.5 Å². The molecule has 0 aliphatic carbocycles. The first-order chi connectivity index (χ1) is 26.6. The summed E-state index contributed by atoms with van der Waals surface area (Å²) in [7, 11) is 0. The van der Waals surface area contributed by atoms with E-state index in [0.717, 1.165) is 54.8 Å². The molecule has 0 bridgehead atoms. The van der Waals surface area contributed by atoms with Crippen LogP contribution >= 0.6 is 0 Å². The number of esters is 2. The predicted octanol–water partition coefficient (Wildman–Crippen LogP) is 10.3. The van der Waals surface area contributed by atoms with Gasteiger partial charge in [0.15, 0.2) is 0 Å². The van der Waals surface area contributed by atoms with Crippen LogP contribution in [0.5, 0.6) is 0 Å². The number of carbonyl (C=O) groups is 2. The molecule has 0 amide bonds. The summed E-state index contributed by atoms with van der Waals surface area (Å²) in [6, 6.07) is 40.0. The van der Waals surface area contributed by atoms with Gasteiger partial charge in [0, 0.05) is 57.8 Å². The Bertz CT molecular complexity index is 2700. The maximum atomic E-state index is 14.2. The van der Waals surface area contributed by atoms with Gasteiger partial charge in [0.25, 0.3) is 0 Å². The van der Waals surface area contributed by atoms with Gasteiger partial charge in [0.2, 0.25) is 0 Å². The van der Waals surface area contributed by atoms with Crippen LogP contribution in [-0.4, -0.2) is 43.9 Å². The Balaban J connectivity index is 1.51. The van der Waals surface area contributed by atoms with Crippen molar-refractivity contribution < 1.29 is 19.1 Å². The van der Waals surface area contributed by atoms with Crippen molar-refractivity contribution in [1.29, 1.82) is 0 Å². The molecule has 4 aromatic carbocycles. The molecule has 0 unspecified atom stereocenters. The first-order valence-corrected chi connectivity index (χ1v) is 18.0. The molecule has 0 saturated heterocycles. The zero-order chi connectivity index (χ0) is 36.8. The highest BCUT2D eigenvalue weighted by Crippen LogP contribution is 2.49. The molecule has 8 heteroatoms. The Labute approximate surface area is 310 Å². The third-order valence-electron chi connectivity index (χ3n) is 9.88. The maximum Gasteiger partial charge on any atom is 0.355 e. The van der Waals surface area contributed by atoms with Crippen molar-refractivity contribution in [3.05, 3.63) is 158 Å². The zero-order valence-electron chi connectivity index (χ0n) is 29.7. The van der Waals surface area contributed by atoms with E-state index in [4.69, 9.17) is 19.4 Å². The number of nitrogens with zero attached hydrogens (tertiary/aromatic N) is 4. The molecular formula is C46H34N4O4. The average molecular weight is 707 g/mol. The van der Waals surface area contributed by atoms with Gasteiger partial charge in [-0.05, 0) is 47.9 Å². The van der Waals surface area contributed by atoms with E-state index in [1.165, 1.54) is 0 Å². The molecule has 54 heavy (non-hydrogen) atoms. The van der Waals surface area contributed by atoms with Crippen molar-refractivity contribution in [2.75, 3.05) is 13.2 Å². The summed E-state index contributed by atoms with van der Waals surface area (Å²) in [5, 5.41) is 3.86. The molecule has 5 aromatic heterocycles. The van der Waals surface area contributed by atoms with Gasteiger partial charge >= 0.3 is 11.9 Å². The molecule has 0 N–H and O–H groups in total. The summed E-state index contributed by atoms with van der Waals surface area (Å²) < 4.78 is 15.4. The molecule has 0 saturated carbocycles. The molecule has 9 rings (SSSR count). The van der Waals surface area contributed by atoms with Crippen LogP contribution in [0.1, 0.15) is 34.8 Å². The normalized spacial score (nSPS) is 11.4. The summed E-state index contributed by atoms with van der Waals surface area (Å²) in [5.74, 6) is -0.901. The van der Waals surface area contributed by atoms with E-state index in [-0.39, 0.29) is 13.2 Å². The van der Waals surface area contributed by atoms with Gasteiger partial charge in [-0.3, -0.25) is 9.97 Å². The molecule has 0 aliphatic heterocycles. The minimum absolute atomic E-state index is 0.209. The lowest BCUT2D eigenvalue weighted by atomic mass is 9.91. The number of rotatable bonds is 8. The monoisotopic (exact) mass is 706 g/mol. The standard InChI is InChI=1S/C46H34N4O4/c1-3-53-45(51)43-35(31-17-7-5-8-18-31)37(41-33-21-13-11-15-29(33)23-27-49(41)43)39-40(48-26-25-47-39)38-36(32-19-9-6-10-20-32)44(46(52)54-4-2)50-28-24-30-16-12-14-22-34(30)42(38)50/h5-28H,3-4H2,1-2H3. The van der Waals surface area contributed by atoms with Crippen LogP contribution in [0, 0.1) is 0 Å². The van der Waals surface area contributed by atoms with Crippen molar-refractivity contribution in [2.45, 2.75) is 13.8 Å². The van der Waals surface area contributed by atoms with Gasteiger partial charge in [0.1, 0.15) is 11.4 Å². The number of aromatic nitrogens is 4. The second-order valence-corrected chi connectivity index (χ2v) is 12.9. The van der Waals surface area contributed by atoms with Crippen molar-refractivity contribution in [1.82, 2.24) is 18.8 Å². The number of pyridine rings is 2. The van der Waals surface area contributed by atoms with Crippen LogP contribution in [0.25, 0.3) is 77.3 Å². The van der Waals surface area contributed by atoms with Crippen LogP contribution in [-0.2, 0) is 9.47 Å². The second-order valence-electron chi connectivity index (χ2n) is 12.9. The van der Waals surface area contributed by atoms with Gasteiger partial charge in [-0.15, -0.1) is 0 Å². The van der Waals surface area contributed by atoms with Gasteiger partial charge in [-0.1, -0.05) is 109 Å². The van der Waals surface area contributed by atoms with Crippen LogP contribution in [0.4, 0.5) is 0 Å². The SMILES string of the molecule is CCOC(=O)c1c(-c2ccccc2)c(-c2nccnc2-c2c(-c3ccccc3)c(C(=O)OCC)n3ccc4ccccc4c23)c2c3ccccc3ccn12. The van der Waals surface area contributed by atoms with E-state index in [1.54, 1.807) is 12.4 Å². The molecule has 0 atom stereocenters. The van der Waals surface area contributed by atoms with Crippen LogP contribution in [0.15, 0.2) is 146 Å². The van der Waals surface area contributed by atoms with Gasteiger partial charge in [0.05, 0.1) is 35.6 Å². The van der Waals surface area contributed by atoms with E-state index in [0.29, 0.717) is 33.9 Å². The Kier molecular flexibility index (Phi) is 8.20. The van der Waals surface area contributed by atoms with Gasteiger partial charge in [-0.25, -0.2) is 9.59 Å². The highest BCUT2D eigenvalue weighted by atomic mass is 16.5. The van der Waals surface area contributed by atoms with E-state index in [9.17, 15) is 9.59 Å². The van der Waals surface area contributed by atoms with Crippen LogP contribution in [0.3, 0.4) is 0 Å². The predicted molar refractivity (Wildman–Crippen MR) is 213 cm³/mol. The van der Waals surface area contributed by atoms with E-state index in [2.05, 4.69) is 24.3 Å². The Morgan fingerprint density at radius 1 is 0.500 bits per heavy atom. The minimum Gasteiger partial charge on any atom is -0.461 e. The quantitative estimate of drug-likeness (QED) is 0.146. The number of hydrogen-bond acceptors (Lipinski definition) is 6. The molecular weight excluding hydrogens is 673 g/mol. The highest BCUT2D eigenvalue weighted by molar-refractivity contribution is 6.18. The van der Waals surface area contributed by atoms with Crippen molar-refractivity contribution in [3.63, 3.8) is 0 Å². The van der Waals surface area contributed by atoms with Gasteiger partial charge in [-0.2, -0.15) is 0 Å². The number of benzene rings is 4. The Hall–Kier alpha value is -7.06. The molecule has 0 spiro atoms. The lowest BCUT2D eigenvalue weighted by Gasteiger charge is -2.14. The highest BCUT2D eigenvalue weighted by Gasteiger charge is 2.34. The maximum absolute atomic E-state index is 14.2. The number of hydrogen-bond donors (Lipinski definition) is 0. The third kappa shape index (κ3) is 5.14. The fraction of sp³-hybridized carbons (Fsp3) is 0.0870. The number of ether oxygens (including phenoxy) is 2. The summed E-state index contributed by atoms with van der Waals surface area (Å²) in [5.41, 5.74) is 7.89. The first kappa shape index (κ1) is 32.8. The summed E-state index contributed by atoms with van der Waals surface area (Å²) in [6.07, 6.45) is 7.20. The van der Waals surface area contributed by atoms with Crippen molar-refractivity contribution in [2.24, 2.45) is 0 Å². The number of fused-ring (bicyclic) bond motifs is 6. The van der Waals surface area contributed by atoms with Crippen LogP contribution < -0.4 is 0 Å². The fourth-order valence-electron chi connectivity index (χ4n) is 7.77. The third-order valence-corrected chi connectivity index (χ3v) is 9.88. The molecule has 0 radical (unpaired) electrons. The Morgan fingerprint density at radius 3 is 1.30 bits per heavy atom. The molecule has 9 aromatic rings. The van der Waals surface area contributed by atoms with Crippen LogP contribution in [0.2, 0.25) is 0 Å². The van der Waals surface area contributed by atoms with Gasteiger partial charge < -0.3 is 18.3 Å². The molecule has 262 valence electrons. The number of carbonyl (C=O) groups excluding carboxylic acids is 2. The van der Waals surface area contributed by atoms with E-state index >= 15 is 0 Å². The summed E-state index contributed by atoms with van der Waals surface area (Å²) in [4.78, 5) is 38.6. The minimum atomic E-state index is -0.451. The summed E-state index contributed by atoms with van der Waals surface area (Å²) in [6.45, 7) is 4.03. The molecule has 0 fully saturated rings.